The molecule has 0 bridgehead atoms. The van der Waals surface area contributed by atoms with Crippen LogP contribution in [0.3, 0.4) is 0 Å². The summed E-state index contributed by atoms with van der Waals surface area (Å²) in [5.74, 6) is -3.54. The van der Waals surface area contributed by atoms with Gasteiger partial charge in [-0.15, -0.1) is 0 Å². The third-order valence-electron chi connectivity index (χ3n) is 0.805. The van der Waals surface area contributed by atoms with E-state index in [1.807, 2.05) is 0 Å². The van der Waals surface area contributed by atoms with Crippen LogP contribution < -0.4 is 44.0 Å². The maximum Gasteiger partial charge on any atom is 2.00 e. The Labute approximate surface area is 152 Å². The second-order valence-electron chi connectivity index (χ2n) is 2.03. The zero-order valence-corrected chi connectivity index (χ0v) is 14.1. The molecule has 0 saturated heterocycles. The fraction of sp³-hybridized carbons (Fsp3) is 0.500. The summed E-state index contributed by atoms with van der Waals surface area (Å²) >= 11 is 0. The number of carboxylic acids is 2. The van der Waals surface area contributed by atoms with E-state index in [9.17, 15) is 9.59 Å². The summed E-state index contributed by atoms with van der Waals surface area (Å²) in [6.07, 6.45) is -4.53. The number of rotatable bonds is 3. The Morgan fingerprint density at radius 3 is 1.17 bits per heavy atom. The van der Waals surface area contributed by atoms with Crippen molar-refractivity contribution in [1.29, 1.82) is 0 Å². The predicted octanol–water partition coefficient (Wildman–Crippen LogP) is -10.7. The first-order valence-corrected chi connectivity index (χ1v) is 4.53. The van der Waals surface area contributed by atoms with E-state index in [0.717, 1.165) is 0 Å². The largest absolute Gasteiger partial charge is 2.00 e. The predicted molar refractivity (Wildman–Crippen MR) is 42.9 cm³/mol. The van der Waals surface area contributed by atoms with Gasteiger partial charge in [-0.2, -0.15) is 0 Å². The Hall–Kier alpha value is 1.16. The Balaban J connectivity index is -0.0000000621. The molecule has 14 heteroatoms. The smallest absolute Gasteiger partial charge is 1.00 e. The van der Waals surface area contributed by atoms with Crippen molar-refractivity contribution in [2.45, 2.75) is 12.2 Å². The summed E-state index contributed by atoms with van der Waals surface area (Å²) in [4.78, 5) is 43.8. The standard InChI is InChI=1S/C4H6O6.Ca.FH.Na.H3O4P/c5-1(3(7)8)2(6)4(9)10;;;;1-5(2,3)4/h1-2,5-6H,(H,7,8)(H,9,10);;1H;;(H3,1,2,3,4)/q;+2;;+1;/p-3. The van der Waals surface area contributed by atoms with E-state index in [-0.39, 0.29) is 72.0 Å². The summed E-state index contributed by atoms with van der Waals surface area (Å²) < 4.78 is 8.66. The topological polar surface area (TPSA) is 198 Å². The first kappa shape index (κ1) is 31.5. The maximum absolute atomic E-state index is 9.77. The molecule has 5 N–H and O–H groups in total. The first-order valence-electron chi connectivity index (χ1n) is 3.03. The van der Waals surface area contributed by atoms with E-state index in [2.05, 4.69) is 0 Å². The van der Waals surface area contributed by atoms with Gasteiger partial charge in [0.1, 0.15) is 0 Å². The van der Waals surface area contributed by atoms with Crippen LogP contribution in [0, 0.1) is 0 Å². The van der Waals surface area contributed by atoms with Crippen molar-refractivity contribution in [1.82, 2.24) is 0 Å². The number of halogens is 1. The number of hydrogen-bond acceptors (Lipinski definition) is 7. The van der Waals surface area contributed by atoms with E-state index in [4.69, 9.17) is 39.7 Å². The third kappa shape index (κ3) is 25.9. The number of phosphoric acid groups is 1. The number of aliphatic hydroxyl groups is 2. The second-order valence-corrected chi connectivity index (χ2v) is 2.97. The molecule has 2 unspecified atom stereocenters. The van der Waals surface area contributed by atoms with Gasteiger partial charge in [0, 0.05) is 0 Å². The van der Waals surface area contributed by atoms with Crippen molar-refractivity contribution in [2.75, 3.05) is 0 Å². The van der Waals surface area contributed by atoms with E-state index >= 15 is 0 Å². The molecule has 0 rings (SSSR count). The van der Waals surface area contributed by atoms with Crippen LogP contribution in [0.4, 0.5) is 0 Å². The van der Waals surface area contributed by atoms with Gasteiger partial charge in [0.05, 0.1) is 7.82 Å². The summed E-state index contributed by atoms with van der Waals surface area (Å²) in [5.41, 5.74) is 0. The maximum atomic E-state index is 9.77. The Bertz CT molecular complexity index is 257. The van der Waals surface area contributed by atoms with Gasteiger partial charge in [-0.05, 0) is 0 Å². The molecule has 0 aliphatic carbocycles. The van der Waals surface area contributed by atoms with Crippen LogP contribution in [0.15, 0.2) is 0 Å². The van der Waals surface area contributed by atoms with Gasteiger partial charge in [-0.25, -0.2) is 9.59 Å². The molecule has 98 valence electrons. The number of hydrogen-bond donors (Lipinski definition) is 5. The quantitative estimate of drug-likeness (QED) is 0.245. The van der Waals surface area contributed by atoms with Crippen LogP contribution in [-0.2, 0) is 14.2 Å². The van der Waals surface area contributed by atoms with Crippen LogP contribution in [0.2, 0.25) is 0 Å². The zero-order chi connectivity index (χ0) is 12.8. The van der Waals surface area contributed by atoms with E-state index in [1.165, 1.54) is 0 Å². The van der Waals surface area contributed by atoms with E-state index < -0.39 is 32.0 Å². The van der Waals surface area contributed by atoms with Crippen molar-refractivity contribution in [3.05, 3.63) is 0 Å². The van der Waals surface area contributed by atoms with Gasteiger partial charge in [0.25, 0.3) is 0 Å². The SMILES string of the molecule is O=C(O)C(O)C(O)C(=O)O.O=P([O-])([O-])O.[Ca+2].[F-].[Na+]. The van der Waals surface area contributed by atoms with Gasteiger partial charge in [-0.1, -0.05) is 0 Å². The van der Waals surface area contributed by atoms with Crippen molar-refractivity contribution in [3.63, 3.8) is 0 Å². The monoisotopic (exact) mass is 328 g/mol. The Morgan fingerprint density at radius 1 is 1.00 bits per heavy atom. The molecule has 0 amide bonds. The van der Waals surface area contributed by atoms with Crippen molar-refractivity contribution >= 4 is 57.5 Å². The molecule has 2 atom stereocenters. The average Bonchev–Trinajstić information content (AvgIpc) is 1.98. The molecule has 0 aromatic carbocycles. The van der Waals surface area contributed by atoms with Gasteiger partial charge in [-0.3, -0.25) is 0 Å². The van der Waals surface area contributed by atoms with Gasteiger partial charge < -0.3 is 44.4 Å². The Morgan fingerprint density at radius 2 is 1.11 bits per heavy atom. The molecule has 0 radical (unpaired) electrons. The van der Waals surface area contributed by atoms with Gasteiger partial charge in [0.2, 0.25) is 0 Å². The number of carbonyl (C=O) groups is 2. The normalized spacial score (nSPS) is 12.1. The molecule has 0 aliphatic rings. The molecule has 0 aromatic rings. The molecular weight excluding hydrogens is 321 g/mol. The minimum Gasteiger partial charge on any atom is -1.00 e. The van der Waals surface area contributed by atoms with Crippen LogP contribution in [0.1, 0.15) is 0 Å². The molecule has 0 aliphatic heterocycles. The van der Waals surface area contributed by atoms with E-state index in [1.54, 1.807) is 0 Å². The van der Waals surface area contributed by atoms with Crippen LogP contribution in [-0.4, -0.2) is 87.2 Å². The number of carboxylic acid groups (broad SMARTS) is 2. The Kier molecular flexibility index (Phi) is 25.5. The van der Waals surface area contributed by atoms with Crippen molar-refractivity contribution in [3.8, 4) is 0 Å². The summed E-state index contributed by atoms with van der Waals surface area (Å²) in [7, 11) is -5.14. The minimum atomic E-state index is -5.14. The first-order chi connectivity index (χ1) is 6.46. The van der Waals surface area contributed by atoms with E-state index in [0.29, 0.717) is 0 Å². The summed E-state index contributed by atoms with van der Waals surface area (Å²) in [6, 6.07) is 0. The van der Waals surface area contributed by atoms with Crippen molar-refractivity contribution < 1.29 is 83.5 Å². The molecule has 18 heavy (non-hydrogen) atoms. The van der Waals surface area contributed by atoms with Crippen LogP contribution >= 0.6 is 7.82 Å². The van der Waals surface area contributed by atoms with Gasteiger partial charge >= 0.3 is 79.2 Å². The van der Waals surface area contributed by atoms with Crippen LogP contribution in [0.5, 0.6) is 0 Å². The second kappa shape index (κ2) is 14.6. The fourth-order valence-corrected chi connectivity index (χ4v) is 0.270. The molecule has 0 saturated carbocycles. The number of aliphatic hydroxyl groups excluding tert-OH is 2. The van der Waals surface area contributed by atoms with Crippen LogP contribution in [0.25, 0.3) is 0 Å². The molecule has 0 spiro atoms. The molecule has 0 heterocycles. The fourth-order valence-electron chi connectivity index (χ4n) is 0.270. The summed E-state index contributed by atoms with van der Waals surface area (Å²) in [5, 5.41) is 32.5. The average molecular weight is 328 g/mol. The molecule has 0 fully saturated rings. The minimum absolute atomic E-state index is 0. The third-order valence-corrected chi connectivity index (χ3v) is 0.805. The molecule has 0 aromatic heterocycles. The zero-order valence-electron chi connectivity index (χ0n) is 8.96. The van der Waals surface area contributed by atoms with Crippen molar-refractivity contribution in [2.24, 2.45) is 0 Å². The molecular formula is C4H7CaFNaO10P. The molecule has 10 nitrogen and oxygen atoms in total. The summed E-state index contributed by atoms with van der Waals surface area (Å²) in [6.45, 7) is 0. The number of aliphatic carboxylic acids is 2. The van der Waals surface area contributed by atoms with Gasteiger partial charge in [0.15, 0.2) is 12.2 Å².